The fraction of sp³-hybridized carbons (Fsp3) is 0.333. The zero-order valence-corrected chi connectivity index (χ0v) is 8.66. The Bertz CT molecular complexity index is 443. The average molecular weight is 200 g/mol. The summed E-state index contributed by atoms with van der Waals surface area (Å²) < 4.78 is 0. The van der Waals surface area contributed by atoms with Gasteiger partial charge >= 0.3 is 0 Å². The molecule has 1 aromatic carbocycles. The topological polar surface area (TPSA) is 45.4 Å². The van der Waals surface area contributed by atoms with Gasteiger partial charge in [0.2, 0.25) is 0 Å². The van der Waals surface area contributed by atoms with Gasteiger partial charge in [-0.15, -0.1) is 0 Å². The first-order valence-corrected chi connectivity index (χ1v) is 4.98. The summed E-state index contributed by atoms with van der Waals surface area (Å²) in [5.41, 5.74) is 4.04. The summed E-state index contributed by atoms with van der Waals surface area (Å²) in [5.74, 6) is 0. The molecule has 3 heteroatoms. The van der Waals surface area contributed by atoms with E-state index in [-0.39, 0.29) is 0 Å². The summed E-state index contributed by atoms with van der Waals surface area (Å²) in [7, 11) is 1.56. The Kier molecular flexibility index (Phi) is 2.68. The Morgan fingerprint density at radius 3 is 3.00 bits per heavy atom. The largest absolute Gasteiger partial charge is 0.399 e. The first-order chi connectivity index (χ1) is 7.35. The van der Waals surface area contributed by atoms with E-state index in [1.807, 2.05) is 18.2 Å². The number of hydrogen-bond donors (Lipinski definition) is 0. The smallest absolute Gasteiger partial charge is 0.106 e. The molecule has 15 heavy (non-hydrogen) atoms. The minimum Gasteiger partial charge on any atom is -0.399 e. The van der Waals surface area contributed by atoms with E-state index in [0.717, 1.165) is 30.5 Å². The van der Waals surface area contributed by atoms with Crippen LogP contribution in [0.3, 0.4) is 0 Å². The third-order valence-electron chi connectivity index (χ3n) is 2.61. The minimum atomic E-state index is 0.715. The number of nitriles is 1. The van der Waals surface area contributed by atoms with Crippen LogP contribution in [0.2, 0.25) is 0 Å². The quantitative estimate of drug-likeness (QED) is 0.652. The molecule has 0 bridgehead atoms. The minimum absolute atomic E-state index is 0.715. The second-order valence-electron chi connectivity index (χ2n) is 3.56. The predicted molar refractivity (Wildman–Crippen MR) is 57.6 cm³/mol. The summed E-state index contributed by atoms with van der Waals surface area (Å²) in [6.45, 7) is 0. The number of oxime groups is 1. The van der Waals surface area contributed by atoms with E-state index < -0.39 is 0 Å². The summed E-state index contributed by atoms with van der Waals surface area (Å²) in [4.78, 5) is 4.82. The molecule has 0 fully saturated rings. The van der Waals surface area contributed by atoms with E-state index in [4.69, 9.17) is 10.1 Å². The van der Waals surface area contributed by atoms with Crippen LogP contribution in [0.1, 0.15) is 29.5 Å². The Morgan fingerprint density at radius 1 is 1.40 bits per heavy atom. The normalized spacial score (nSPS) is 16.9. The van der Waals surface area contributed by atoms with Crippen molar-refractivity contribution < 1.29 is 4.84 Å². The summed E-state index contributed by atoms with van der Waals surface area (Å²) in [6, 6.07) is 7.89. The van der Waals surface area contributed by atoms with Crippen LogP contribution in [-0.2, 0) is 11.3 Å². The molecular weight excluding hydrogens is 188 g/mol. The number of rotatable bonds is 1. The van der Waals surface area contributed by atoms with Crippen LogP contribution < -0.4 is 0 Å². The molecule has 3 nitrogen and oxygen atoms in total. The van der Waals surface area contributed by atoms with Gasteiger partial charge in [-0.05, 0) is 37.0 Å². The van der Waals surface area contributed by atoms with Crippen molar-refractivity contribution in [1.82, 2.24) is 0 Å². The molecule has 0 heterocycles. The molecule has 0 aromatic heterocycles. The van der Waals surface area contributed by atoms with Crippen molar-refractivity contribution in [3.05, 3.63) is 34.9 Å². The summed E-state index contributed by atoms with van der Waals surface area (Å²) in [5, 5.41) is 12.8. The number of fused-ring (bicyclic) bond motifs is 1. The fourth-order valence-electron chi connectivity index (χ4n) is 1.94. The second kappa shape index (κ2) is 4.14. The zero-order valence-electron chi connectivity index (χ0n) is 8.66. The Hall–Kier alpha value is -1.82. The van der Waals surface area contributed by atoms with E-state index >= 15 is 0 Å². The van der Waals surface area contributed by atoms with Gasteiger partial charge in [0.05, 0.1) is 17.3 Å². The van der Waals surface area contributed by atoms with Crippen LogP contribution in [0.15, 0.2) is 23.4 Å². The molecule has 1 aliphatic carbocycles. The summed E-state index contributed by atoms with van der Waals surface area (Å²) >= 11 is 0. The van der Waals surface area contributed by atoms with E-state index in [1.54, 1.807) is 7.11 Å². The lowest BCUT2D eigenvalue weighted by Crippen LogP contribution is -2.12. The molecule has 2 rings (SSSR count). The van der Waals surface area contributed by atoms with Gasteiger partial charge < -0.3 is 4.84 Å². The molecular formula is C12H12N2O. The van der Waals surface area contributed by atoms with Gasteiger partial charge in [0.1, 0.15) is 7.11 Å². The van der Waals surface area contributed by atoms with Crippen LogP contribution >= 0.6 is 0 Å². The maximum absolute atomic E-state index is 8.80. The maximum atomic E-state index is 8.80. The highest BCUT2D eigenvalue weighted by molar-refractivity contribution is 6.02. The molecule has 0 atom stereocenters. The van der Waals surface area contributed by atoms with Crippen molar-refractivity contribution in [1.29, 1.82) is 5.26 Å². The number of nitrogens with zero attached hydrogens (tertiary/aromatic N) is 2. The standard InChI is InChI=1S/C12H12N2O/c1-15-14-12-4-2-3-10-7-9(8-13)5-6-11(10)12/h5-7H,2-4H2,1H3. The Labute approximate surface area is 89.0 Å². The van der Waals surface area contributed by atoms with Crippen LogP contribution in [0.4, 0.5) is 0 Å². The van der Waals surface area contributed by atoms with Crippen molar-refractivity contribution in [3.63, 3.8) is 0 Å². The second-order valence-corrected chi connectivity index (χ2v) is 3.56. The molecule has 0 aliphatic heterocycles. The van der Waals surface area contributed by atoms with Crippen molar-refractivity contribution in [2.24, 2.45) is 5.16 Å². The first kappa shape index (κ1) is 9.72. The van der Waals surface area contributed by atoms with Gasteiger partial charge in [-0.3, -0.25) is 0 Å². The van der Waals surface area contributed by atoms with Gasteiger partial charge in [-0.1, -0.05) is 11.2 Å². The van der Waals surface area contributed by atoms with Gasteiger partial charge in [-0.25, -0.2) is 0 Å². The highest BCUT2D eigenvalue weighted by Crippen LogP contribution is 2.22. The first-order valence-electron chi connectivity index (χ1n) is 4.98. The molecule has 0 N–H and O–H groups in total. The summed E-state index contributed by atoms with van der Waals surface area (Å²) in [6.07, 6.45) is 3.05. The van der Waals surface area contributed by atoms with Crippen LogP contribution in [-0.4, -0.2) is 12.8 Å². The molecule has 1 aliphatic rings. The fourth-order valence-corrected chi connectivity index (χ4v) is 1.94. The Balaban J connectivity index is 2.46. The molecule has 0 saturated carbocycles. The molecule has 0 saturated heterocycles. The molecule has 0 unspecified atom stereocenters. The highest BCUT2D eigenvalue weighted by atomic mass is 16.6. The van der Waals surface area contributed by atoms with Gasteiger partial charge in [0, 0.05) is 5.56 Å². The molecule has 1 aromatic rings. The Morgan fingerprint density at radius 2 is 2.27 bits per heavy atom. The van der Waals surface area contributed by atoms with Crippen LogP contribution in [0.5, 0.6) is 0 Å². The monoisotopic (exact) mass is 200 g/mol. The predicted octanol–water partition coefficient (Wildman–Crippen LogP) is 2.25. The molecule has 0 radical (unpaired) electrons. The lowest BCUT2D eigenvalue weighted by Gasteiger charge is -2.16. The third kappa shape index (κ3) is 1.84. The van der Waals surface area contributed by atoms with Crippen molar-refractivity contribution in [2.75, 3.05) is 7.11 Å². The van der Waals surface area contributed by atoms with Gasteiger partial charge in [0.25, 0.3) is 0 Å². The average Bonchev–Trinajstić information content (AvgIpc) is 2.29. The molecule has 0 spiro atoms. The molecule has 0 amide bonds. The number of hydrogen-bond acceptors (Lipinski definition) is 3. The van der Waals surface area contributed by atoms with E-state index in [0.29, 0.717) is 5.56 Å². The lowest BCUT2D eigenvalue weighted by molar-refractivity contribution is 0.212. The van der Waals surface area contributed by atoms with Gasteiger partial charge in [-0.2, -0.15) is 5.26 Å². The van der Waals surface area contributed by atoms with Crippen LogP contribution in [0.25, 0.3) is 0 Å². The van der Waals surface area contributed by atoms with Crippen LogP contribution in [0, 0.1) is 11.3 Å². The third-order valence-corrected chi connectivity index (χ3v) is 2.61. The van der Waals surface area contributed by atoms with Gasteiger partial charge in [0.15, 0.2) is 0 Å². The zero-order chi connectivity index (χ0) is 10.7. The van der Waals surface area contributed by atoms with E-state index in [9.17, 15) is 0 Å². The van der Waals surface area contributed by atoms with E-state index in [1.165, 1.54) is 5.56 Å². The van der Waals surface area contributed by atoms with Crippen molar-refractivity contribution >= 4 is 5.71 Å². The maximum Gasteiger partial charge on any atom is 0.106 e. The van der Waals surface area contributed by atoms with E-state index in [2.05, 4.69) is 11.2 Å². The van der Waals surface area contributed by atoms with Crippen molar-refractivity contribution in [2.45, 2.75) is 19.3 Å². The highest BCUT2D eigenvalue weighted by Gasteiger charge is 2.16. The lowest BCUT2D eigenvalue weighted by atomic mass is 9.89. The molecule has 76 valence electrons. The van der Waals surface area contributed by atoms with Crippen molar-refractivity contribution in [3.8, 4) is 6.07 Å². The SMILES string of the molecule is CON=C1CCCc2cc(C#N)ccc21. The number of aryl methyl sites for hydroxylation is 1. The number of benzene rings is 1.